The quantitative estimate of drug-likeness (QED) is 0.375. The maximum Gasteiger partial charge on any atom is 0.321 e. The minimum absolute atomic E-state index is 0.233. The summed E-state index contributed by atoms with van der Waals surface area (Å²) in [5.74, 6) is -2.51. The average Bonchev–Trinajstić information content (AvgIpc) is 2.71. The molecule has 1 saturated heterocycles. The van der Waals surface area contributed by atoms with Gasteiger partial charge in [-0.2, -0.15) is 0 Å². The van der Waals surface area contributed by atoms with Crippen LogP contribution < -0.4 is 5.48 Å². The SMILES string of the molecule is CC(=O)OC[C@H]1O[C@@H](NOC(C)=O)[C@@H](OC(C)=O)[C@H]1OC(C)=O. The van der Waals surface area contributed by atoms with Crippen LogP contribution >= 0.6 is 0 Å². The molecule has 10 nitrogen and oxygen atoms in total. The average molecular weight is 333 g/mol. The molecule has 0 radical (unpaired) electrons. The zero-order valence-electron chi connectivity index (χ0n) is 13.2. The Hall–Kier alpha value is -2.20. The van der Waals surface area contributed by atoms with Gasteiger partial charge in [-0.05, 0) is 0 Å². The van der Waals surface area contributed by atoms with Crippen LogP contribution in [0.4, 0.5) is 0 Å². The number of nitrogens with one attached hydrogen (secondary N) is 1. The Kier molecular flexibility index (Phi) is 6.91. The molecular weight excluding hydrogens is 314 g/mol. The van der Waals surface area contributed by atoms with Crippen LogP contribution in [0.1, 0.15) is 27.7 Å². The van der Waals surface area contributed by atoms with Crippen molar-refractivity contribution in [3.8, 4) is 0 Å². The lowest BCUT2D eigenvalue weighted by Crippen LogP contribution is -2.45. The highest BCUT2D eigenvalue weighted by Gasteiger charge is 2.50. The molecule has 1 aliphatic heterocycles. The van der Waals surface area contributed by atoms with Crippen molar-refractivity contribution >= 4 is 23.9 Å². The smallest absolute Gasteiger partial charge is 0.321 e. The Morgan fingerprint density at radius 2 is 1.43 bits per heavy atom. The molecule has 0 bridgehead atoms. The first-order valence-corrected chi connectivity index (χ1v) is 6.77. The van der Waals surface area contributed by atoms with E-state index in [0.717, 1.165) is 13.8 Å². The highest BCUT2D eigenvalue weighted by atomic mass is 16.7. The third-order valence-electron chi connectivity index (χ3n) is 2.68. The Morgan fingerprint density at radius 1 is 0.870 bits per heavy atom. The first-order chi connectivity index (χ1) is 10.7. The molecule has 4 atom stereocenters. The Balaban J connectivity index is 2.91. The maximum atomic E-state index is 11.3. The Labute approximate surface area is 132 Å². The number of rotatable bonds is 6. The van der Waals surface area contributed by atoms with Gasteiger partial charge >= 0.3 is 23.9 Å². The molecule has 0 aromatic heterocycles. The van der Waals surface area contributed by atoms with E-state index < -0.39 is 48.4 Å². The van der Waals surface area contributed by atoms with Crippen molar-refractivity contribution in [1.82, 2.24) is 5.48 Å². The van der Waals surface area contributed by atoms with Gasteiger partial charge in [0.15, 0.2) is 18.4 Å². The number of ether oxygens (including phenoxy) is 4. The monoisotopic (exact) mass is 333 g/mol. The summed E-state index contributed by atoms with van der Waals surface area (Å²) in [5, 5.41) is 0. The largest absolute Gasteiger partial charge is 0.463 e. The second kappa shape index (κ2) is 8.44. The zero-order chi connectivity index (χ0) is 17.6. The molecule has 10 heteroatoms. The van der Waals surface area contributed by atoms with E-state index in [-0.39, 0.29) is 6.61 Å². The molecule has 1 aliphatic rings. The standard InChI is InChI=1S/C13H19NO9/c1-6(15)19-5-10-11(20-7(2)16)12(21-8(3)17)13(22-10)14-23-9(4)18/h10-14H,5H2,1-4H3/t10-,11+,12+,13-/m1/s1. The predicted molar refractivity (Wildman–Crippen MR) is 71.3 cm³/mol. The van der Waals surface area contributed by atoms with Crippen LogP contribution in [0.25, 0.3) is 0 Å². The highest BCUT2D eigenvalue weighted by Crippen LogP contribution is 2.26. The van der Waals surface area contributed by atoms with Crippen LogP contribution in [0.3, 0.4) is 0 Å². The van der Waals surface area contributed by atoms with E-state index in [0.29, 0.717) is 0 Å². The molecule has 1 N–H and O–H groups in total. The van der Waals surface area contributed by atoms with Gasteiger partial charge in [0.2, 0.25) is 0 Å². The van der Waals surface area contributed by atoms with Gasteiger partial charge in [-0.25, -0.2) is 0 Å². The number of carbonyl (C=O) groups excluding carboxylic acids is 4. The summed E-state index contributed by atoms with van der Waals surface area (Å²) in [7, 11) is 0. The van der Waals surface area contributed by atoms with Gasteiger partial charge in [0.05, 0.1) is 0 Å². The summed E-state index contributed by atoms with van der Waals surface area (Å²) in [5.41, 5.74) is 2.28. The van der Waals surface area contributed by atoms with Gasteiger partial charge < -0.3 is 23.8 Å². The van der Waals surface area contributed by atoms with Crippen LogP contribution in [0.2, 0.25) is 0 Å². The van der Waals surface area contributed by atoms with Crippen LogP contribution in [0.5, 0.6) is 0 Å². The summed E-state index contributed by atoms with van der Waals surface area (Å²) in [4.78, 5) is 48.9. The van der Waals surface area contributed by atoms with Gasteiger partial charge in [-0.3, -0.25) is 19.2 Å². The summed E-state index contributed by atoms with van der Waals surface area (Å²) in [6, 6.07) is 0. The van der Waals surface area contributed by atoms with E-state index in [2.05, 4.69) is 10.3 Å². The minimum atomic E-state index is -1.09. The molecule has 1 rings (SSSR count). The lowest BCUT2D eigenvalue weighted by Gasteiger charge is -2.23. The second-order valence-corrected chi connectivity index (χ2v) is 4.76. The van der Waals surface area contributed by atoms with Crippen molar-refractivity contribution in [3.63, 3.8) is 0 Å². The van der Waals surface area contributed by atoms with Gasteiger partial charge in [-0.1, -0.05) is 0 Å². The Bertz CT molecular complexity index is 436. The normalized spacial score (nSPS) is 26.3. The molecule has 0 aromatic carbocycles. The number of hydroxylamine groups is 1. The van der Waals surface area contributed by atoms with Crippen molar-refractivity contribution in [2.24, 2.45) is 0 Å². The molecule has 0 amide bonds. The van der Waals surface area contributed by atoms with Gasteiger partial charge in [0.1, 0.15) is 12.7 Å². The van der Waals surface area contributed by atoms with Crippen LogP contribution in [-0.2, 0) is 43.0 Å². The third kappa shape index (κ3) is 6.20. The summed E-state index contributed by atoms with van der Waals surface area (Å²) < 4.78 is 20.5. The van der Waals surface area contributed by atoms with E-state index in [1.54, 1.807) is 0 Å². The molecule has 0 aromatic rings. The summed E-state index contributed by atoms with van der Waals surface area (Å²) >= 11 is 0. The lowest BCUT2D eigenvalue weighted by atomic mass is 10.1. The van der Waals surface area contributed by atoms with Gasteiger partial charge in [-0.15, -0.1) is 5.48 Å². The number of hydrogen-bond donors (Lipinski definition) is 1. The molecule has 0 unspecified atom stereocenters. The number of hydrogen-bond acceptors (Lipinski definition) is 10. The topological polar surface area (TPSA) is 126 Å². The lowest BCUT2D eigenvalue weighted by molar-refractivity contribution is -0.173. The van der Waals surface area contributed by atoms with E-state index in [9.17, 15) is 19.2 Å². The van der Waals surface area contributed by atoms with E-state index in [1.165, 1.54) is 13.8 Å². The minimum Gasteiger partial charge on any atom is -0.463 e. The fraction of sp³-hybridized carbons (Fsp3) is 0.692. The molecule has 0 aliphatic carbocycles. The molecule has 1 heterocycles. The molecule has 0 saturated carbocycles. The zero-order valence-corrected chi connectivity index (χ0v) is 13.2. The van der Waals surface area contributed by atoms with Crippen molar-refractivity contribution < 1.29 is 43.0 Å². The van der Waals surface area contributed by atoms with Crippen molar-refractivity contribution in [1.29, 1.82) is 0 Å². The van der Waals surface area contributed by atoms with E-state index in [4.69, 9.17) is 18.9 Å². The summed E-state index contributed by atoms with van der Waals surface area (Å²) in [6.45, 7) is 4.45. The Morgan fingerprint density at radius 3 is 1.91 bits per heavy atom. The first kappa shape index (κ1) is 18.8. The fourth-order valence-corrected chi connectivity index (χ4v) is 1.95. The molecule has 1 fully saturated rings. The predicted octanol–water partition coefficient (Wildman–Crippen LogP) is -0.794. The highest BCUT2D eigenvalue weighted by molar-refractivity contribution is 5.68. The van der Waals surface area contributed by atoms with Crippen molar-refractivity contribution in [3.05, 3.63) is 0 Å². The van der Waals surface area contributed by atoms with Crippen LogP contribution in [0.15, 0.2) is 0 Å². The van der Waals surface area contributed by atoms with Gasteiger partial charge in [0, 0.05) is 27.7 Å². The fourth-order valence-electron chi connectivity index (χ4n) is 1.95. The van der Waals surface area contributed by atoms with Crippen molar-refractivity contribution in [2.75, 3.05) is 6.61 Å². The van der Waals surface area contributed by atoms with Crippen LogP contribution in [-0.4, -0.2) is 55.0 Å². The van der Waals surface area contributed by atoms with E-state index in [1.807, 2.05) is 0 Å². The van der Waals surface area contributed by atoms with E-state index >= 15 is 0 Å². The van der Waals surface area contributed by atoms with Crippen molar-refractivity contribution in [2.45, 2.75) is 52.2 Å². The number of esters is 3. The maximum absolute atomic E-state index is 11.3. The molecule has 23 heavy (non-hydrogen) atoms. The second-order valence-electron chi connectivity index (χ2n) is 4.76. The van der Waals surface area contributed by atoms with Crippen LogP contribution in [0, 0.1) is 0 Å². The third-order valence-corrected chi connectivity index (χ3v) is 2.68. The molecule has 130 valence electrons. The molecule has 0 spiro atoms. The number of carbonyl (C=O) groups is 4. The summed E-state index contributed by atoms with van der Waals surface area (Å²) in [6.07, 6.45) is -4.12. The molecular formula is C13H19NO9. The first-order valence-electron chi connectivity index (χ1n) is 6.77. The van der Waals surface area contributed by atoms with Gasteiger partial charge in [0.25, 0.3) is 0 Å².